The summed E-state index contributed by atoms with van der Waals surface area (Å²) in [6, 6.07) is 0. The number of cyclic esters (lactones) is 1. The van der Waals surface area contributed by atoms with Crippen molar-refractivity contribution < 1.29 is 28.2 Å². The zero-order valence-electron chi connectivity index (χ0n) is 28.4. The molecule has 0 aromatic carbocycles. The van der Waals surface area contributed by atoms with Crippen LogP contribution in [0, 0.1) is 17.8 Å². The molecule has 0 aromatic rings. The molecule has 1 saturated heterocycles. The number of halogens is 1. The molecule has 0 aromatic heterocycles. The second-order valence-electron chi connectivity index (χ2n) is 13.6. The van der Waals surface area contributed by atoms with Crippen LogP contribution in [0.5, 0.6) is 0 Å². The average molecular weight is 729 g/mol. The van der Waals surface area contributed by atoms with Gasteiger partial charge in [-0.25, -0.2) is 4.79 Å². The lowest BCUT2D eigenvalue weighted by Gasteiger charge is -2.45. The van der Waals surface area contributed by atoms with Gasteiger partial charge in [0.1, 0.15) is 12.2 Å². The van der Waals surface area contributed by atoms with Gasteiger partial charge in [0, 0.05) is 37.9 Å². The van der Waals surface area contributed by atoms with Gasteiger partial charge in [0.25, 0.3) is 0 Å². The van der Waals surface area contributed by atoms with Crippen molar-refractivity contribution >= 4 is 42.8 Å². The third kappa shape index (κ3) is 10.1. The van der Waals surface area contributed by atoms with Crippen molar-refractivity contribution in [3.05, 3.63) is 45.6 Å². The molecular formula is C35H57IO6Si. The Bertz CT molecular complexity index is 1020. The average Bonchev–Trinajstić information content (AvgIpc) is 2.93. The highest BCUT2D eigenvalue weighted by atomic mass is 127. The van der Waals surface area contributed by atoms with Crippen LogP contribution >= 0.6 is 22.6 Å². The zero-order valence-corrected chi connectivity index (χ0v) is 31.6. The van der Waals surface area contributed by atoms with Crippen LogP contribution in [-0.2, 0) is 28.2 Å². The van der Waals surface area contributed by atoms with Crippen molar-refractivity contribution in [1.29, 1.82) is 0 Å². The van der Waals surface area contributed by atoms with Crippen LogP contribution < -0.4 is 0 Å². The number of carbonyl (C=O) groups excluding carboxylic acids is 2. The van der Waals surface area contributed by atoms with Gasteiger partial charge < -0.3 is 18.6 Å². The second-order valence-corrected chi connectivity index (χ2v) is 19.7. The molecule has 0 saturated carbocycles. The molecule has 0 amide bonds. The minimum Gasteiger partial charge on any atom is -0.462 e. The third-order valence-electron chi connectivity index (χ3n) is 9.60. The first-order valence-corrected chi connectivity index (χ1v) is 19.4. The van der Waals surface area contributed by atoms with Gasteiger partial charge in [-0.3, -0.25) is 4.79 Å². The smallest absolute Gasteiger partial charge is 0.330 e. The monoisotopic (exact) mass is 728 g/mol. The molecule has 6 nitrogen and oxygen atoms in total. The number of ether oxygens (including phenoxy) is 3. The standard InChI is InChI=1S/C35H57IO6Si/c1-22(2)43(23(3)4,24(5)6)42-31-20-32(28(10)35(39-11)27(9)21-36)41-33(37)17-13-16-29-18-30(40-34(38)19-29)25(7)14-12-15-26(31)8/h12-15,17,21-25,28-32,35H,16,18-20H2,1-11H3/b14-12+,17-13+,26-15+,27-21+/t25-,28+,29-,30-,31+,32+,35+/m1/s1. The first-order valence-electron chi connectivity index (χ1n) is 16.1. The minimum atomic E-state index is -2.28. The first-order chi connectivity index (χ1) is 20.2. The number of methoxy groups -OCH3 is 1. The van der Waals surface area contributed by atoms with Crippen molar-refractivity contribution in [2.45, 2.75) is 136 Å². The van der Waals surface area contributed by atoms with Crippen LogP contribution in [0.3, 0.4) is 0 Å². The summed E-state index contributed by atoms with van der Waals surface area (Å²) in [6.07, 6.45) is 11.0. The predicted octanol–water partition coefficient (Wildman–Crippen LogP) is 9.26. The fourth-order valence-corrected chi connectivity index (χ4v) is 13.2. The number of hydrogen-bond donors (Lipinski definition) is 0. The number of carbonyl (C=O) groups is 2. The molecule has 0 N–H and O–H groups in total. The molecular weight excluding hydrogens is 671 g/mol. The molecule has 244 valence electrons. The van der Waals surface area contributed by atoms with E-state index in [0.717, 1.165) is 17.6 Å². The van der Waals surface area contributed by atoms with Crippen molar-refractivity contribution in [2.24, 2.45) is 17.8 Å². The van der Waals surface area contributed by atoms with Gasteiger partial charge in [0.05, 0.1) is 12.2 Å². The van der Waals surface area contributed by atoms with Gasteiger partial charge >= 0.3 is 11.9 Å². The summed E-state index contributed by atoms with van der Waals surface area (Å²) in [7, 11) is -0.572. The number of hydrogen-bond acceptors (Lipinski definition) is 6. The molecule has 2 bridgehead atoms. The van der Waals surface area contributed by atoms with E-state index in [1.807, 2.05) is 10.2 Å². The first kappa shape index (κ1) is 38.0. The Balaban J connectivity index is 2.66. The maximum atomic E-state index is 13.3. The molecule has 0 radical (unpaired) electrons. The topological polar surface area (TPSA) is 71.1 Å². The van der Waals surface area contributed by atoms with Crippen LogP contribution in [0.1, 0.15) is 94.9 Å². The van der Waals surface area contributed by atoms with E-state index in [4.69, 9.17) is 18.6 Å². The van der Waals surface area contributed by atoms with E-state index in [0.29, 0.717) is 35.9 Å². The second kappa shape index (κ2) is 17.5. The van der Waals surface area contributed by atoms with Gasteiger partial charge in [0.2, 0.25) is 8.32 Å². The van der Waals surface area contributed by atoms with Crippen molar-refractivity contribution in [2.75, 3.05) is 7.11 Å². The summed E-state index contributed by atoms with van der Waals surface area (Å²) in [5.74, 6) is -0.443. The normalized spacial score (nSPS) is 30.8. The van der Waals surface area contributed by atoms with E-state index in [2.05, 4.69) is 110 Å². The van der Waals surface area contributed by atoms with Gasteiger partial charge in [-0.05, 0) is 64.5 Å². The Morgan fingerprint density at radius 2 is 1.67 bits per heavy atom. The lowest BCUT2D eigenvalue weighted by molar-refractivity contribution is -0.158. The molecule has 2 heterocycles. The Morgan fingerprint density at radius 1 is 1.05 bits per heavy atom. The molecule has 43 heavy (non-hydrogen) atoms. The van der Waals surface area contributed by atoms with Crippen LogP contribution in [-0.4, -0.2) is 51.8 Å². The number of esters is 2. The number of rotatable bonds is 9. The summed E-state index contributed by atoms with van der Waals surface area (Å²) < 4.78 is 27.4. The molecule has 0 spiro atoms. The van der Waals surface area contributed by atoms with Crippen LogP contribution in [0.15, 0.2) is 45.6 Å². The molecule has 2 aliphatic heterocycles. The highest BCUT2D eigenvalue weighted by molar-refractivity contribution is 14.1. The predicted molar refractivity (Wildman–Crippen MR) is 187 cm³/mol. The van der Waals surface area contributed by atoms with Gasteiger partial charge in [-0.1, -0.05) is 102 Å². The maximum absolute atomic E-state index is 13.3. The quantitative estimate of drug-likeness (QED) is 0.134. The highest BCUT2D eigenvalue weighted by Crippen LogP contribution is 2.44. The maximum Gasteiger partial charge on any atom is 0.330 e. The summed E-state index contributed by atoms with van der Waals surface area (Å²) in [4.78, 5) is 25.7. The highest BCUT2D eigenvalue weighted by Gasteiger charge is 2.47. The fourth-order valence-electron chi connectivity index (χ4n) is 7.21. The van der Waals surface area contributed by atoms with Crippen molar-refractivity contribution in [1.82, 2.24) is 0 Å². The summed E-state index contributed by atoms with van der Waals surface area (Å²) >= 11 is 2.24. The molecule has 0 aliphatic carbocycles. The van der Waals surface area contributed by atoms with Gasteiger partial charge in [-0.2, -0.15) is 0 Å². The summed E-state index contributed by atoms with van der Waals surface area (Å²) in [6.45, 7) is 22.1. The lowest BCUT2D eigenvalue weighted by Crippen LogP contribution is -2.51. The zero-order chi connectivity index (χ0) is 32.5. The largest absolute Gasteiger partial charge is 0.462 e. The number of fused-ring (bicyclic) bond motifs is 2. The molecule has 2 rings (SSSR count). The van der Waals surface area contributed by atoms with E-state index in [-0.39, 0.29) is 48.0 Å². The Morgan fingerprint density at radius 3 is 2.23 bits per heavy atom. The molecule has 7 atom stereocenters. The summed E-state index contributed by atoms with van der Waals surface area (Å²) in [5, 5.41) is 0. The van der Waals surface area contributed by atoms with Crippen LogP contribution in [0.25, 0.3) is 0 Å². The van der Waals surface area contributed by atoms with Crippen molar-refractivity contribution in [3.8, 4) is 0 Å². The van der Waals surface area contributed by atoms with E-state index in [1.165, 1.54) is 6.08 Å². The summed E-state index contributed by atoms with van der Waals surface area (Å²) in [5.41, 5.74) is 3.39. The van der Waals surface area contributed by atoms with Crippen molar-refractivity contribution in [3.63, 3.8) is 0 Å². The van der Waals surface area contributed by atoms with Gasteiger partial charge in [-0.15, -0.1) is 0 Å². The Kier molecular flexibility index (Phi) is 15.4. The molecule has 1 fully saturated rings. The fraction of sp³-hybridized carbons (Fsp3) is 0.714. The van der Waals surface area contributed by atoms with Crippen LogP contribution in [0.2, 0.25) is 16.6 Å². The van der Waals surface area contributed by atoms with Crippen LogP contribution in [0.4, 0.5) is 0 Å². The van der Waals surface area contributed by atoms with Gasteiger partial charge in [0.15, 0.2) is 0 Å². The van der Waals surface area contributed by atoms with E-state index in [9.17, 15) is 9.59 Å². The molecule has 2 aliphatic rings. The van der Waals surface area contributed by atoms with E-state index >= 15 is 0 Å². The van der Waals surface area contributed by atoms with E-state index in [1.54, 1.807) is 7.11 Å². The number of allylic oxidation sites excluding steroid dienone is 3. The van der Waals surface area contributed by atoms with E-state index < -0.39 is 14.4 Å². The molecule has 0 unspecified atom stereocenters. The Labute approximate surface area is 276 Å². The lowest BCUT2D eigenvalue weighted by atomic mass is 9.86. The molecule has 8 heteroatoms. The SMILES string of the molecule is CO[C@@H](/C(C)=C/I)[C@@H](C)[C@@H]1C[C@H](O[Si](C(C)C)(C(C)C)C(C)C)/C(C)=C/C=C/[C@@H](C)[C@H]2C[C@@H](C/C=C/C(=O)O1)CC(=O)O2. The third-order valence-corrected chi connectivity index (χ3v) is 16.7. The minimum absolute atomic E-state index is 0.0748. The Hall–Kier alpha value is -1.23.